The highest BCUT2D eigenvalue weighted by Gasteiger charge is 2.82. The Labute approximate surface area is 347 Å². The summed E-state index contributed by atoms with van der Waals surface area (Å²) in [4.78, 5) is 16.9. The van der Waals surface area contributed by atoms with E-state index in [2.05, 4.69) is 21.9 Å². The van der Waals surface area contributed by atoms with Crippen LogP contribution in [0, 0.1) is 0 Å². The van der Waals surface area contributed by atoms with Crippen LogP contribution >= 0.6 is 31.0 Å². The molecule has 1 aromatic carbocycles. The maximum absolute atomic E-state index is 13.3. The topological polar surface area (TPSA) is 174 Å². The van der Waals surface area contributed by atoms with E-state index in [0.717, 1.165) is 24.0 Å². The molecule has 2 fully saturated rings. The van der Waals surface area contributed by atoms with Crippen molar-refractivity contribution in [3.05, 3.63) is 57.5 Å². The number of anilines is 1. The van der Waals surface area contributed by atoms with Gasteiger partial charge in [0.1, 0.15) is 35.8 Å². The third kappa shape index (κ3) is 10.7. The Morgan fingerprint density at radius 2 is 1.49 bits per heavy atom. The van der Waals surface area contributed by atoms with Crippen LogP contribution in [0.2, 0.25) is 10.0 Å². The largest absolute Gasteiger partial charge is 0.472 e. The second kappa shape index (κ2) is 20.1. The number of phosphoric acid groups is 1. The number of halogens is 2. The number of hydrogen-bond donors (Lipinski definition) is 4. The van der Waals surface area contributed by atoms with Gasteiger partial charge < -0.3 is 30.3 Å². The molecule has 1 saturated carbocycles. The minimum absolute atomic E-state index is 0.184. The molecule has 3 aromatic rings. The number of nitrogens with two attached hydrogens (primary N) is 1. The summed E-state index contributed by atoms with van der Waals surface area (Å²) in [5.74, 6) is 0.241. The highest BCUT2D eigenvalue weighted by Crippen LogP contribution is 2.63. The Kier molecular flexibility index (Phi) is 15.8. The van der Waals surface area contributed by atoms with E-state index in [4.69, 9.17) is 47.5 Å². The first kappa shape index (κ1) is 44.7. The lowest BCUT2D eigenvalue weighted by Gasteiger charge is -2.32. The summed E-state index contributed by atoms with van der Waals surface area (Å²) >= 11 is 12.6. The zero-order valence-electron chi connectivity index (χ0n) is 33.5. The molecule has 16 heteroatoms. The predicted octanol–water partition coefficient (Wildman–Crippen LogP) is 8.50. The number of hydrogen-bond acceptors (Lipinski definition) is 11. The molecule has 0 amide bonds. The van der Waals surface area contributed by atoms with E-state index < -0.39 is 43.4 Å². The van der Waals surface area contributed by atoms with Crippen LogP contribution in [0.15, 0.2) is 30.6 Å². The third-order valence-electron chi connectivity index (χ3n) is 12.0. The van der Waals surface area contributed by atoms with Gasteiger partial charge in [-0.3, -0.25) is 13.9 Å². The lowest BCUT2D eigenvalue weighted by molar-refractivity contribution is -0.126. The number of aromatic nitrogens is 3. The van der Waals surface area contributed by atoms with Crippen LogP contribution < -0.4 is 5.73 Å². The fraction of sp³-hybridized carbons (Fsp3) is 0.707. The molecule has 7 atom stereocenters. The molecule has 0 bridgehead atoms. The van der Waals surface area contributed by atoms with Gasteiger partial charge >= 0.3 is 7.82 Å². The minimum Gasteiger partial charge on any atom is -0.386 e. The molecule has 1 aliphatic carbocycles. The Balaban J connectivity index is 0.929. The summed E-state index contributed by atoms with van der Waals surface area (Å²) in [6.07, 6.45) is 18.1. The molecule has 3 aliphatic rings. The van der Waals surface area contributed by atoms with Crippen LogP contribution in [0.1, 0.15) is 133 Å². The maximum Gasteiger partial charge on any atom is 0.472 e. The van der Waals surface area contributed by atoms with E-state index in [1.165, 1.54) is 101 Å². The zero-order valence-corrected chi connectivity index (χ0v) is 35.9. The van der Waals surface area contributed by atoms with Gasteiger partial charge in [-0.25, -0.2) is 14.1 Å². The van der Waals surface area contributed by atoms with Gasteiger partial charge in [0.25, 0.3) is 0 Å². The quantitative estimate of drug-likeness (QED) is 0.0449. The van der Waals surface area contributed by atoms with E-state index in [1.54, 1.807) is 19.1 Å². The molecular weight excluding hydrogens is 792 g/mol. The Bertz CT molecular complexity index is 1790. The highest BCUT2D eigenvalue weighted by molar-refractivity contribution is 7.47. The Morgan fingerprint density at radius 3 is 2.04 bits per heavy atom. The predicted molar refractivity (Wildman–Crippen MR) is 221 cm³/mol. The van der Waals surface area contributed by atoms with Crippen LogP contribution in [0.25, 0.3) is 5.52 Å². The molecule has 2 aliphatic heterocycles. The number of ether oxygens (including phenoxy) is 2. The van der Waals surface area contributed by atoms with Gasteiger partial charge in [0.15, 0.2) is 11.4 Å². The van der Waals surface area contributed by atoms with Crippen molar-refractivity contribution < 1.29 is 38.2 Å². The first-order valence-corrected chi connectivity index (χ1v) is 23.3. The minimum atomic E-state index is -4.74. The van der Waals surface area contributed by atoms with Gasteiger partial charge in [0.2, 0.25) is 0 Å². The Morgan fingerprint density at radius 1 is 0.930 bits per heavy atom. The first-order chi connectivity index (χ1) is 27.4. The first-order valence-electron chi connectivity index (χ1n) is 21.0. The Hall–Kier alpha value is -1.87. The number of fused-ring (bicyclic) bond motifs is 3. The molecule has 0 radical (unpaired) electrons. The van der Waals surface area contributed by atoms with Gasteiger partial charge in [-0.1, -0.05) is 126 Å². The van der Waals surface area contributed by atoms with E-state index in [-0.39, 0.29) is 19.0 Å². The number of phosphoric ester groups is 1. The smallest absolute Gasteiger partial charge is 0.386 e. The lowest BCUT2D eigenvalue weighted by Crippen LogP contribution is -2.46. The number of unbranched alkanes of at least 4 members (excludes halogenated alkanes) is 15. The molecule has 2 unspecified atom stereocenters. The summed E-state index contributed by atoms with van der Waals surface area (Å²) in [6.45, 7) is 5.59. The van der Waals surface area contributed by atoms with Crippen molar-refractivity contribution in [3.8, 4) is 0 Å². The van der Waals surface area contributed by atoms with Crippen molar-refractivity contribution >= 4 is 42.4 Å². The van der Waals surface area contributed by atoms with Crippen molar-refractivity contribution in [2.24, 2.45) is 0 Å². The maximum atomic E-state index is 13.3. The monoisotopic (exact) mass is 853 g/mol. The second-order valence-corrected chi connectivity index (χ2v) is 18.6. The number of rotatable bonds is 26. The summed E-state index contributed by atoms with van der Waals surface area (Å²) in [7, 11) is -4.74. The molecule has 5 N–H and O–H groups in total. The van der Waals surface area contributed by atoms with Gasteiger partial charge in [-0.2, -0.15) is 5.10 Å². The van der Waals surface area contributed by atoms with Crippen molar-refractivity contribution in [2.75, 3.05) is 25.6 Å². The summed E-state index contributed by atoms with van der Waals surface area (Å²) < 4.78 is 38.1. The number of benzene rings is 1. The van der Waals surface area contributed by atoms with Crippen LogP contribution in [0.3, 0.4) is 0 Å². The van der Waals surface area contributed by atoms with Crippen molar-refractivity contribution in [2.45, 2.75) is 165 Å². The molecular formula is C41H62Cl2N5O8P. The SMILES string of the molecule is CCCCCCCCCCCCCCCCCCOC[C@H](COP(=O)(O)OC1[C@H]2O[C@@](C)(c3ccc4c(N)ncnn34)[C@H](O)[C@@]12O)N1Cc2cc(Cl)c(Cl)cc2C1. The summed E-state index contributed by atoms with van der Waals surface area (Å²) in [5, 5.41) is 27.9. The highest BCUT2D eigenvalue weighted by atomic mass is 35.5. The van der Waals surface area contributed by atoms with Crippen molar-refractivity contribution in [1.82, 2.24) is 19.5 Å². The molecule has 318 valence electrons. The average molecular weight is 855 g/mol. The average Bonchev–Trinajstić information content (AvgIpc) is 3.57. The lowest BCUT2D eigenvalue weighted by atomic mass is 9.91. The molecule has 1 saturated heterocycles. The molecule has 13 nitrogen and oxygen atoms in total. The third-order valence-corrected chi connectivity index (χ3v) is 13.7. The van der Waals surface area contributed by atoms with Gasteiger partial charge in [-0.15, -0.1) is 0 Å². The van der Waals surface area contributed by atoms with E-state index >= 15 is 0 Å². The van der Waals surface area contributed by atoms with Crippen LogP contribution in [0.4, 0.5) is 5.82 Å². The molecule has 6 rings (SSSR count). The standard InChI is InChI=1S/C41H62Cl2N5O8P/c1-3-4-5-6-7-8-9-10-11-12-13-14-15-16-17-18-21-53-26-31(47-24-29-22-32(42)33(43)23-30(29)25-47)27-54-57(51,52)56-37-36-41(37,50)39(49)40(2,55-36)35-20-19-34-38(44)45-28-46-48(34)35/h19-20,22-23,28,31,36-37,39,49-50H,3-18,21,24-27H2,1-2H3,(H,51,52)(H2,44,45,46)/t31-,36-,37?,39+,40+,41+/m1/s1. The summed E-state index contributed by atoms with van der Waals surface area (Å²) in [5.41, 5.74) is 5.57. The van der Waals surface area contributed by atoms with E-state index in [0.29, 0.717) is 41.0 Å². The van der Waals surface area contributed by atoms with E-state index in [9.17, 15) is 19.7 Å². The fourth-order valence-corrected chi connectivity index (χ4v) is 9.86. The normalized spacial score (nSPS) is 25.8. The van der Waals surface area contributed by atoms with Gasteiger partial charge in [-0.05, 0) is 48.7 Å². The van der Waals surface area contributed by atoms with Crippen LogP contribution in [0.5, 0.6) is 0 Å². The second-order valence-electron chi connectivity index (χ2n) is 16.4. The van der Waals surface area contributed by atoms with Crippen molar-refractivity contribution in [3.63, 3.8) is 0 Å². The number of nitrogen functional groups attached to an aromatic ring is 1. The number of aliphatic hydroxyl groups is 2. The van der Waals surface area contributed by atoms with E-state index in [1.807, 2.05) is 12.1 Å². The van der Waals surface area contributed by atoms with Crippen LogP contribution in [-0.2, 0) is 41.8 Å². The number of nitrogens with zero attached hydrogens (tertiary/aromatic N) is 4. The number of aliphatic hydroxyl groups excluding tert-OH is 1. The van der Waals surface area contributed by atoms with Gasteiger partial charge in [0, 0.05) is 19.7 Å². The zero-order chi connectivity index (χ0) is 40.6. The summed E-state index contributed by atoms with van der Waals surface area (Å²) in [6, 6.07) is 6.66. The van der Waals surface area contributed by atoms with Crippen molar-refractivity contribution in [1.29, 1.82) is 0 Å². The van der Waals surface area contributed by atoms with Gasteiger partial charge in [0.05, 0.1) is 35.0 Å². The molecule has 0 spiro atoms. The fourth-order valence-electron chi connectivity index (χ4n) is 8.50. The molecule has 57 heavy (non-hydrogen) atoms. The molecule has 4 heterocycles. The molecule has 2 aromatic heterocycles. The van der Waals surface area contributed by atoms with Crippen LogP contribution in [-0.4, -0.2) is 84.4 Å².